The number of carbonyl (C=O) groups excluding carboxylic acids is 2. The van der Waals surface area contributed by atoms with Gasteiger partial charge < -0.3 is 19.3 Å². The van der Waals surface area contributed by atoms with Gasteiger partial charge in [-0.2, -0.15) is 0 Å². The molecule has 1 N–H and O–H groups in total. The molecule has 22 heavy (non-hydrogen) atoms. The van der Waals surface area contributed by atoms with Crippen molar-refractivity contribution in [3.8, 4) is 0 Å². The molecule has 0 fully saturated rings. The molecule has 0 rings (SSSR count). The van der Waals surface area contributed by atoms with E-state index in [1.807, 2.05) is 0 Å². The summed E-state index contributed by atoms with van der Waals surface area (Å²) in [5, 5.41) is 8.83. The SMILES string of the molecule is C=COC(=O)C(CC)=C(CC)C(=O)OC(CCCO)OC=C. The zero-order chi connectivity index (χ0) is 17.0. The summed E-state index contributed by atoms with van der Waals surface area (Å²) in [7, 11) is 0. The minimum atomic E-state index is -0.854. The molecule has 1 unspecified atom stereocenters. The van der Waals surface area contributed by atoms with Gasteiger partial charge in [-0.1, -0.05) is 27.0 Å². The van der Waals surface area contributed by atoms with Gasteiger partial charge in [0.1, 0.15) is 0 Å². The van der Waals surface area contributed by atoms with Crippen molar-refractivity contribution in [2.24, 2.45) is 0 Å². The molecule has 0 aliphatic carbocycles. The first-order valence-corrected chi connectivity index (χ1v) is 7.17. The van der Waals surface area contributed by atoms with E-state index in [-0.39, 0.29) is 17.8 Å². The number of rotatable bonds is 11. The molecule has 1 atom stereocenters. The van der Waals surface area contributed by atoms with Crippen molar-refractivity contribution in [3.05, 3.63) is 36.8 Å². The van der Waals surface area contributed by atoms with Gasteiger partial charge in [0.2, 0.25) is 6.29 Å². The van der Waals surface area contributed by atoms with E-state index in [1.54, 1.807) is 13.8 Å². The molecule has 0 heterocycles. The number of carbonyl (C=O) groups is 2. The molecule has 0 aromatic carbocycles. The van der Waals surface area contributed by atoms with Crippen LogP contribution < -0.4 is 0 Å². The minimum Gasteiger partial charge on any atom is -0.463 e. The van der Waals surface area contributed by atoms with E-state index in [0.29, 0.717) is 25.7 Å². The van der Waals surface area contributed by atoms with Crippen LogP contribution in [0.15, 0.2) is 36.8 Å². The predicted octanol–water partition coefficient (Wildman–Crippen LogP) is 2.59. The molecule has 0 saturated heterocycles. The average molecular weight is 312 g/mol. The van der Waals surface area contributed by atoms with Crippen molar-refractivity contribution in [1.82, 2.24) is 0 Å². The summed E-state index contributed by atoms with van der Waals surface area (Å²) in [6, 6.07) is 0. The Kier molecular flexibility index (Phi) is 10.5. The van der Waals surface area contributed by atoms with Crippen LogP contribution in [0.25, 0.3) is 0 Å². The third kappa shape index (κ3) is 6.58. The summed E-state index contributed by atoms with van der Waals surface area (Å²) in [4.78, 5) is 24.1. The maximum absolute atomic E-state index is 12.2. The van der Waals surface area contributed by atoms with Crippen LogP contribution >= 0.6 is 0 Å². The Hall–Kier alpha value is -2.08. The second-order valence-electron chi connectivity index (χ2n) is 4.24. The van der Waals surface area contributed by atoms with E-state index in [0.717, 1.165) is 12.5 Å². The molecule has 0 aliphatic rings. The van der Waals surface area contributed by atoms with Crippen LogP contribution in [0.5, 0.6) is 0 Å². The number of hydrogen-bond donors (Lipinski definition) is 1. The van der Waals surface area contributed by atoms with Crippen LogP contribution in [0.2, 0.25) is 0 Å². The van der Waals surface area contributed by atoms with Gasteiger partial charge in [-0.25, -0.2) is 9.59 Å². The summed E-state index contributed by atoms with van der Waals surface area (Å²) in [6.45, 7) is 10.2. The molecule has 0 aliphatic heterocycles. The van der Waals surface area contributed by atoms with Gasteiger partial charge in [0, 0.05) is 24.2 Å². The normalized spacial score (nSPS) is 12.7. The fraction of sp³-hybridized carbons (Fsp3) is 0.500. The zero-order valence-corrected chi connectivity index (χ0v) is 13.2. The molecule has 0 radical (unpaired) electrons. The number of ether oxygens (including phenoxy) is 3. The summed E-state index contributed by atoms with van der Waals surface area (Å²) in [5.74, 6) is -1.27. The van der Waals surface area contributed by atoms with Crippen LogP contribution in [0, 0.1) is 0 Å². The fourth-order valence-electron chi connectivity index (χ4n) is 1.82. The van der Waals surface area contributed by atoms with Crippen molar-refractivity contribution in [2.75, 3.05) is 6.61 Å². The average Bonchev–Trinajstić information content (AvgIpc) is 2.50. The first kappa shape index (κ1) is 19.9. The molecular weight excluding hydrogens is 288 g/mol. The van der Waals surface area contributed by atoms with Gasteiger partial charge in [0.05, 0.1) is 12.5 Å². The lowest BCUT2D eigenvalue weighted by Gasteiger charge is -2.18. The number of aliphatic hydroxyl groups is 1. The number of hydrogen-bond acceptors (Lipinski definition) is 6. The van der Waals surface area contributed by atoms with Crippen molar-refractivity contribution < 1.29 is 28.9 Å². The molecule has 0 bridgehead atoms. The second-order valence-corrected chi connectivity index (χ2v) is 4.24. The highest BCUT2D eigenvalue weighted by Crippen LogP contribution is 2.18. The quantitative estimate of drug-likeness (QED) is 0.273. The number of esters is 2. The fourth-order valence-corrected chi connectivity index (χ4v) is 1.82. The highest BCUT2D eigenvalue weighted by atomic mass is 16.7. The molecule has 6 heteroatoms. The van der Waals surface area contributed by atoms with Crippen LogP contribution in [0.4, 0.5) is 0 Å². The van der Waals surface area contributed by atoms with Gasteiger partial charge in [0.15, 0.2) is 0 Å². The summed E-state index contributed by atoms with van der Waals surface area (Å²) in [5.41, 5.74) is 0.475. The molecule has 0 aromatic heterocycles. The maximum Gasteiger partial charge on any atom is 0.339 e. The Morgan fingerprint density at radius 3 is 2.14 bits per heavy atom. The van der Waals surface area contributed by atoms with E-state index >= 15 is 0 Å². The molecule has 0 spiro atoms. The summed E-state index contributed by atoms with van der Waals surface area (Å²) in [6.07, 6.45) is 2.70. The van der Waals surface area contributed by atoms with E-state index < -0.39 is 18.2 Å². The number of aliphatic hydroxyl groups excluding tert-OH is 1. The molecule has 0 saturated carbocycles. The lowest BCUT2D eigenvalue weighted by atomic mass is 10.0. The van der Waals surface area contributed by atoms with Crippen LogP contribution in [-0.4, -0.2) is 29.9 Å². The van der Waals surface area contributed by atoms with Gasteiger partial charge in [-0.15, -0.1) is 0 Å². The third-order valence-corrected chi connectivity index (χ3v) is 2.84. The van der Waals surface area contributed by atoms with Gasteiger partial charge >= 0.3 is 11.9 Å². The van der Waals surface area contributed by atoms with E-state index in [9.17, 15) is 9.59 Å². The van der Waals surface area contributed by atoms with Crippen LogP contribution in [0.1, 0.15) is 39.5 Å². The lowest BCUT2D eigenvalue weighted by Crippen LogP contribution is -2.23. The first-order valence-electron chi connectivity index (χ1n) is 7.17. The van der Waals surface area contributed by atoms with Crippen molar-refractivity contribution in [2.45, 2.75) is 45.8 Å². The highest BCUT2D eigenvalue weighted by molar-refractivity contribution is 6.00. The molecular formula is C16H24O6. The lowest BCUT2D eigenvalue weighted by molar-refractivity contribution is -0.166. The van der Waals surface area contributed by atoms with E-state index in [4.69, 9.17) is 19.3 Å². The molecule has 6 nitrogen and oxygen atoms in total. The van der Waals surface area contributed by atoms with Crippen LogP contribution in [-0.2, 0) is 23.8 Å². The maximum atomic E-state index is 12.2. The van der Waals surface area contributed by atoms with Crippen molar-refractivity contribution >= 4 is 11.9 Å². The van der Waals surface area contributed by atoms with Crippen molar-refractivity contribution in [3.63, 3.8) is 0 Å². The standard InChI is InChI=1S/C16H24O6/c1-5-12(15(18)21-8-4)13(6-2)16(19)22-14(20-7-3)10-9-11-17/h7-8,14,17H,3-6,9-11H2,1-2H3. The largest absolute Gasteiger partial charge is 0.463 e. The smallest absolute Gasteiger partial charge is 0.339 e. The Morgan fingerprint density at radius 2 is 1.68 bits per heavy atom. The highest BCUT2D eigenvalue weighted by Gasteiger charge is 2.23. The predicted molar refractivity (Wildman–Crippen MR) is 81.4 cm³/mol. The Balaban J connectivity index is 5.17. The van der Waals surface area contributed by atoms with E-state index in [1.165, 1.54) is 0 Å². The third-order valence-electron chi connectivity index (χ3n) is 2.84. The van der Waals surface area contributed by atoms with Gasteiger partial charge in [0.25, 0.3) is 0 Å². The Labute approximate surface area is 131 Å². The summed E-state index contributed by atoms with van der Waals surface area (Å²) < 4.78 is 15.0. The minimum absolute atomic E-state index is 0.0447. The van der Waals surface area contributed by atoms with Crippen LogP contribution in [0.3, 0.4) is 0 Å². The Morgan fingerprint density at radius 1 is 1.09 bits per heavy atom. The topological polar surface area (TPSA) is 82.1 Å². The monoisotopic (exact) mass is 312 g/mol. The second kappa shape index (κ2) is 11.6. The zero-order valence-electron chi connectivity index (χ0n) is 13.2. The molecule has 0 aromatic rings. The summed E-state index contributed by atoms with van der Waals surface area (Å²) >= 11 is 0. The van der Waals surface area contributed by atoms with E-state index in [2.05, 4.69) is 13.2 Å². The van der Waals surface area contributed by atoms with Gasteiger partial charge in [-0.3, -0.25) is 0 Å². The molecule has 0 amide bonds. The van der Waals surface area contributed by atoms with Crippen molar-refractivity contribution in [1.29, 1.82) is 0 Å². The molecule has 124 valence electrons. The first-order chi connectivity index (χ1) is 10.5. The van der Waals surface area contributed by atoms with Gasteiger partial charge in [-0.05, 0) is 19.3 Å². The Bertz CT molecular complexity index is 424.